The molecule has 1 aliphatic carbocycles. The highest BCUT2D eigenvalue weighted by atomic mass is 35.5. The van der Waals surface area contributed by atoms with E-state index >= 15 is 8.78 Å². The molecule has 0 heterocycles. The molecule has 0 fully saturated rings. The van der Waals surface area contributed by atoms with Gasteiger partial charge in [-0.25, -0.2) is 8.78 Å². The fraction of sp³-hybridized carbons (Fsp3) is 0.522. The molecule has 1 aromatic carbocycles. The lowest BCUT2D eigenvalue weighted by molar-refractivity contribution is -0.123. The van der Waals surface area contributed by atoms with Crippen LogP contribution in [0.2, 0.25) is 0 Å². The Morgan fingerprint density at radius 2 is 1.45 bits per heavy atom. The van der Waals surface area contributed by atoms with Gasteiger partial charge < -0.3 is 5.11 Å². The number of benzene rings is 1. The number of rotatable bonds is 4. The molecular weight excluding hydrogens is 417 g/mol. The van der Waals surface area contributed by atoms with Gasteiger partial charge in [0.25, 0.3) is 5.92 Å². The van der Waals surface area contributed by atoms with Crippen LogP contribution in [0.15, 0.2) is 33.3 Å². The van der Waals surface area contributed by atoms with E-state index in [2.05, 4.69) is 0 Å². The van der Waals surface area contributed by atoms with Crippen LogP contribution in [0.5, 0.6) is 5.75 Å². The Morgan fingerprint density at radius 3 is 1.79 bits per heavy atom. The highest BCUT2D eigenvalue weighted by molar-refractivity contribution is 6.46. The topological polar surface area (TPSA) is 37.3 Å². The number of halogens is 4. The molecule has 0 saturated carbocycles. The van der Waals surface area contributed by atoms with Crippen LogP contribution in [-0.2, 0) is 21.5 Å². The summed E-state index contributed by atoms with van der Waals surface area (Å²) in [6.45, 7) is 12.8. The van der Waals surface area contributed by atoms with Crippen LogP contribution in [0.25, 0.3) is 0 Å². The maximum Gasteiger partial charge on any atom is 0.280 e. The molecule has 0 atom stereocenters. The Kier molecular flexibility index (Phi) is 6.34. The Balaban J connectivity index is 2.51. The Hall–Kier alpha value is -1.39. The summed E-state index contributed by atoms with van der Waals surface area (Å²) in [6, 6.07) is 2.61. The van der Waals surface area contributed by atoms with Crippen molar-refractivity contribution in [2.24, 2.45) is 0 Å². The van der Waals surface area contributed by atoms with Crippen molar-refractivity contribution in [1.82, 2.24) is 0 Å². The van der Waals surface area contributed by atoms with Gasteiger partial charge in [-0.2, -0.15) is 0 Å². The fourth-order valence-corrected chi connectivity index (χ4v) is 3.88. The van der Waals surface area contributed by atoms with E-state index in [1.807, 2.05) is 41.5 Å². The van der Waals surface area contributed by atoms with Crippen LogP contribution in [0, 0.1) is 0 Å². The maximum atomic E-state index is 15.2. The highest BCUT2D eigenvalue weighted by Crippen LogP contribution is 2.45. The molecule has 1 aliphatic rings. The minimum absolute atomic E-state index is 0.0176. The van der Waals surface area contributed by atoms with Gasteiger partial charge in [0.15, 0.2) is 5.78 Å². The van der Waals surface area contributed by atoms with Crippen LogP contribution in [0.1, 0.15) is 78.0 Å². The van der Waals surface area contributed by atoms with Crippen molar-refractivity contribution in [2.45, 2.75) is 78.1 Å². The smallest absolute Gasteiger partial charge is 0.280 e. The molecule has 0 aromatic heterocycles. The summed E-state index contributed by atoms with van der Waals surface area (Å²) in [7, 11) is 0. The number of aromatic hydroxyl groups is 1. The summed E-state index contributed by atoms with van der Waals surface area (Å²) in [5, 5.41) is 11.1. The quantitative estimate of drug-likeness (QED) is 0.523. The van der Waals surface area contributed by atoms with Gasteiger partial charge in [0.05, 0.1) is 16.5 Å². The van der Waals surface area contributed by atoms with Crippen molar-refractivity contribution in [3.05, 3.63) is 50.0 Å². The van der Waals surface area contributed by atoms with E-state index in [0.29, 0.717) is 16.7 Å². The van der Waals surface area contributed by atoms with Gasteiger partial charge >= 0.3 is 0 Å². The molecule has 0 amide bonds. The number of alkyl halides is 2. The van der Waals surface area contributed by atoms with E-state index in [1.54, 1.807) is 6.92 Å². The van der Waals surface area contributed by atoms with Crippen LogP contribution in [-0.4, -0.2) is 10.9 Å². The number of ketones is 1. The van der Waals surface area contributed by atoms with Crippen LogP contribution in [0.4, 0.5) is 8.78 Å². The zero-order valence-corrected chi connectivity index (χ0v) is 19.4. The van der Waals surface area contributed by atoms with Crippen molar-refractivity contribution in [2.75, 3.05) is 0 Å². The standard InChI is InChI=1S/C23H28Cl2F2O2/c1-12-8-14(19(25)18(12)24)17(28)11-23(26,27)13-9-15(21(2,3)4)20(29)16(10-13)22(5,6)7/h9-10,29H,8,11H2,1-7H3. The summed E-state index contributed by atoms with van der Waals surface area (Å²) in [5.74, 6) is -4.13. The molecule has 0 unspecified atom stereocenters. The summed E-state index contributed by atoms with van der Waals surface area (Å²) < 4.78 is 30.5. The van der Waals surface area contributed by atoms with Crippen LogP contribution < -0.4 is 0 Å². The molecule has 1 N–H and O–H groups in total. The van der Waals surface area contributed by atoms with Gasteiger partial charge in [-0.1, -0.05) is 64.7 Å². The van der Waals surface area contributed by atoms with Crippen molar-refractivity contribution in [3.8, 4) is 5.75 Å². The summed E-state index contributed by atoms with van der Waals surface area (Å²) in [6.07, 6.45) is -0.823. The van der Waals surface area contributed by atoms with Gasteiger partial charge in [-0.3, -0.25) is 4.79 Å². The van der Waals surface area contributed by atoms with Gasteiger partial charge in [-0.15, -0.1) is 0 Å². The minimum Gasteiger partial charge on any atom is -0.507 e. The number of phenolic OH excluding ortho intramolecular Hbond substituents is 1. The molecule has 29 heavy (non-hydrogen) atoms. The van der Waals surface area contributed by atoms with E-state index in [0.717, 1.165) is 0 Å². The average molecular weight is 445 g/mol. The number of hydrogen-bond acceptors (Lipinski definition) is 2. The molecular formula is C23H28Cl2F2O2. The van der Waals surface area contributed by atoms with E-state index in [9.17, 15) is 9.90 Å². The molecule has 0 bridgehead atoms. The van der Waals surface area contributed by atoms with E-state index in [1.165, 1.54) is 12.1 Å². The van der Waals surface area contributed by atoms with Crippen molar-refractivity contribution in [1.29, 1.82) is 0 Å². The van der Waals surface area contributed by atoms with Crippen LogP contribution >= 0.6 is 23.2 Å². The second kappa shape index (κ2) is 7.70. The number of hydrogen-bond donors (Lipinski definition) is 1. The number of allylic oxidation sites excluding steroid dienone is 4. The lowest BCUT2D eigenvalue weighted by atomic mass is 9.77. The molecule has 0 saturated heterocycles. The third-order valence-electron chi connectivity index (χ3n) is 5.14. The third-order valence-corrected chi connectivity index (χ3v) is 6.17. The highest BCUT2D eigenvalue weighted by Gasteiger charge is 2.40. The first-order valence-corrected chi connectivity index (χ1v) is 10.3. The second-order valence-electron chi connectivity index (χ2n) is 9.79. The number of carbonyl (C=O) groups is 1. The van der Waals surface area contributed by atoms with Crippen molar-refractivity contribution >= 4 is 29.0 Å². The Morgan fingerprint density at radius 1 is 1.00 bits per heavy atom. The van der Waals surface area contributed by atoms with Crippen LogP contribution in [0.3, 0.4) is 0 Å². The number of carbonyl (C=O) groups excluding carboxylic acids is 1. The third kappa shape index (κ3) is 4.86. The first-order valence-electron chi connectivity index (χ1n) is 9.50. The Bertz CT molecular complexity index is 879. The molecule has 2 nitrogen and oxygen atoms in total. The van der Waals surface area contributed by atoms with Gasteiger partial charge in [0, 0.05) is 22.3 Å². The minimum atomic E-state index is -3.42. The van der Waals surface area contributed by atoms with E-state index in [4.69, 9.17) is 23.2 Å². The first kappa shape index (κ1) is 23.9. The van der Waals surface area contributed by atoms with Gasteiger partial charge in [-0.05, 0) is 41.9 Å². The van der Waals surface area contributed by atoms with Crippen molar-refractivity contribution < 1.29 is 18.7 Å². The largest absolute Gasteiger partial charge is 0.507 e. The number of Topliss-reactive ketones (excluding diaryl/α,β-unsaturated/α-hetero) is 1. The predicted octanol–water partition coefficient (Wildman–Crippen LogP) is 7.45. The molecule has 160 valence electrons. The lowest BCUT2D eigenvalue weighted by Gasteiger charge is -2.29. The lowest BCUT2D eigenvalue weighted by Crippen LogP contribution is -2.24. The normalized spacial score (nSPS) is 16.1. The van der Waals surface area contributed by atoms with E-state index in [-0.39, 0.29) is 33.4 Å². The fourth-order valence-electron chi connectivity index (χ4n) is 3.36. The molecule has 6 heteroatoms. The predicted molar refractivity (Wildman–Crippen MR) is 115 cm³/mol. The van der Waals surface area contributed by atoms with Gasteiger partial charge in [0.2, 0.25) is 0 Å². The molecule has 2 rings (SSSR count). The molecule has 0 radical (unpaired) electrons. The van der Waals surface area contributed by atoms with E-state index < -0.39 is 29.0 Å². The monoisotopic (exact) mass is 444 g/mol. The number of phenols is 1. The molecule has 1 aromatic rings. The molecule has 0 spiro atoms. The summed E-state index contributed by atoms with van der Waals surface area (Å²) >= 11 is 12.1. The Labute approximate surface area is 181 Å². The summed E-state index contributed by atoms with van der Waals surface area (Å²) in [5.41, 5.74) is 0.274. The second-order valence-corrected chi connectivity index (χ2v) is 10.5. The zero-order chi connectivity index (χ0) is 22.5. The van der Waals surface area contributed by atoms with Crippen molar-refractivity contribution in [3.63, 3.8) is 0 Å². The SMILES string of the molecule is CC1=C(Cl)C(Cl)=C(C(=O)CC(F)(F)c2cc(C(C)(C)C)c(O)c(C(C)(C)C)c2)C1. The zero-order valence-electron chi connectivity index (χ0n) is 17.9. The summed E-state index contributed by atoms with van der Waals surface area (Å²) in [4.78, 5) is 12.6. The van der Waals surface area contributed by atoms with Gasteiger partial charge in [0.1, 0.15) is 5.75 Å². The molecule has 0 aliphatic heterocycles. The maximum absolute atomic E-state index is 15.2. The average Bonchev–Trinajstić information content (AvgIpc) is 2.79. The first-order chi connectivity index (χ1) is 13.0.